The lowest BCUT2D eigenvalue weighted by atomic mass is 10.0. The Morgan fingerprint density at radius 3 is 2.87 bits per heavy atom. The van der Waals surface area contributed by atoms with E-state index in [-0.39, 0.29) is 18.2 Å². The van der Waals surface area contributed by atoms with E-state index in [0.717, 1.165) is 22.8 Å². The van der Waals surface area contributed by atoms with Gasteiger partial charge < -0.3 is 10.2 Å². The molecule has 1 aromatic heterocycles. The number of aryl methyl sites for hydroxylation is 1. The number of para-hydroxylation sites is 1. The van der Waals surface area contributed by atoms with Crippen molar-refractivity contribution in [2.75, 3.05) is 11.4 Å². The largest absolute Gasteiger partial charge is 0.344 e. The molecule has 1 aliphatic rings. The molecular weight excluding hydrogens is 310 g/mol. The molecule has 1 fully saturated rings. The smallest absolute Gasteiger partial charge is 0.249 e. The number of piperidine rings is 1. The Morgan fingerprint density at radius 1 is 1.39 bits per heavy atom. The fraction of sp³-hybridized carbons (Fsp3) is 0.353. The van der Waals surface area contributed by atoms with Crippen molar-refractivity contribution in [3.8, 4) is 0 Å². The molecule has 1 atom stereocenters. The average molecular weight is 329 g/mol. The number of hydrogen-bond acceptors (Lipinski definition) is 4. The van der Waals surface area contributed by atoms with E-state index in [1.54, 1.807) is 4.90 Å². The fourth-order valence-electron chi connectivity index (χ4n) is 2.77. The first-order valence-electron chi connectivity index (χ1n) is 7.70. The van der Waals surface area contributed by atoms with Crippen LogP contribution in [0.2, 0.25) is 0 Å². The molecule has 2 aromatic rings. The molecule has 1 aliphatic heterocycles. The van der Waals surface area contributed by atoms with Gasteiger partial charge in [0, 0.05) is 17.6 Å². The van der Waals surface area contributed by atoms with Crippen LogP contribution in [-0.4, -0.2) is 29.4 Å². The average Bonchev–Trinajstić information content (AvgIpc) is 2.95. The monoisotopic (exact) mass is 329 g/mol. The van der Waals surface area contributed by atoms with Crippen molar-refractivity contribution in [1.82, 2.24) is 10.3 Å². The van der Waals surface area contributed by atoms with E-state index in [4.69, 9.17) is 0 Å². The maximum atomic E-state index is 12.6. The molecule has 2 amide bonds. The van der Waals surface area contributed by atoms with E-state index < -0.39 is 6.04 Å². The predicted molar refractivity (Wildman–Crippen MR) is 90.5 cm³/mol. The fourth-order valence-corrected chi connectivity index (χ4v) is 3.39. The highest BCUT2D eigenvalue weighted by atomic mass is 32.1. The minimum absolute atomic E-state index is 0.0368. The number of rotatable bonds is 4. The molecule has 1 N–H and O–H groups in total. The number of benzene rings is 1. The van der Waals surface area contributed by atoms with Crippen molar-refractivity contribution >= 4 is 28.8 Å². The molecule has 1 aromatic carbocycles. The van der Waals surface area contributed by atoms with Crippen molar-refractivity contribution in [1.29, 1.82) is 0 Å². The third-order valence-electron chi connectivity index (χ3n) is 3.85. The van der Waals surface area contributed by atoms with E-state index in [0.29, 0.717) is 13.0 Å². The van der Waals surface area contributed by atoms with Gasteiger partial charge in [-0.2, -0.15) is 0 Å². The number of nitrogens with zero attached hydrogens (tertiary/aromatic N) is 2. The summed E-state index contributed by atoms with van der Waals surface area (Å²) in [4.78, 5) is 30.8. The van der Waals surface area contributed by atoms with E-state index in [9.17, 15) is 9.59 Å². The standard InChI is InChI=1S/C17H19N3O2S/c1-12-18-13(11-23-12)10-16(21)19-15-8-5-9-20(17(15)22)14-6-3-2-4-7-14/h2-4,6-7,11,15H,5,8-10H2,1H3,(H,19,21)/t15-/m1/s1. The summed E-state index contributed by atoms with van der Waals surface area (Å²) < 4.78 is 0. The first-order chi connectivity index (χ1) is 11.1. The van der Waals surface area contributed by atoms with Crippen molar-refractivity contribution in [3.63, 3.8) is 0 Å². The van der Waals surface area contributed by atoms with Crippen LogP contribution in [0.15, 0.2) is 35.7 Å². The molecule has 3 rings (SSSR count). The van der Waals surface area contributed by atoms with E-state index in [1.165, 1.54) is 11.3 Å². The first-order valence-corrected chi connectivity index (χ1v) is 8.58. The van der Waals surface area contributed by atoms with Gasteiger partial charge in [0.15, 0.2) is 0 Å². The lowest BCUT2D eigenvalue weighted by Gasteiger charge is -2.32. The molecule has 0 spiro atoms. The van der Waals surface area contributed by atoms with Gasteiger partial charge in [0.25, 0.3) is 0 Å². The van der Waals surface area contributed by atoms with Gasteiger partial charge in [0.05, 0.1) is 17.1 Å². The predicted octanol–water partition coefficient (Wildman–Crippen LogP) is 2.31. The second-order valence-electron chi connectivity index (χ2n) is 5.62. The Kier molecular flexibility index (Phi) is 4.71. The molecule has 2 heterocycles. The number of hydrogen-bond donors (Lipinski definition) is 1. The van der Waals surface area contributed by atoms with E-state index >= 15 is 0 Å². The summed E-state index contributed by atoms with van der Waals surface area (Å²) in [6, 6.07) is 9.13. The number of anilines is 1. The number of nitrogens with one attached hydrogen (secondary N) is 1. The van der Waals surface area contributed by atoms with Gasteiger partial charge in [-0.05, 0) is 31.9 Å². The summed E-state index contributed by atoms with van der Waals surface area (Å²) >= 11 is 1.52. The molecule has 6 heteroatoms. The highest BCUT2D eigenvalue weighted by molar-refractivity contribution is 7.09. The normalized spacial score (nSPS) is 18.0. The Bertz CT molecular complexity index is 699. The molecular formula is C17H19N3O2S. The second kappa shape index (κ2) is 6.91. The van der Waals surface area contributed by atoms with Crippen LogP contribution < -0.4 is 10.2 Å². The molecule has 1 saturated heterocycles. The van der Waals surface area contributed by atoms with Crippen molar-refractivity contribution in [3.05, 3.63) is 46.4 Å². The zero-order chi connectivity index (χ0) is 16.2. The van der Waals surface area contributed by atoms with Crippen LogP contribution in [0.1, 0.15) is 23.5 Å². The van der Waals surface area contributed by atoms with Gasteiger partial charge in [0.1, 0.15) is 6.04 Å². The molecule has 23 heavy (non-hydrogen) atoms. The van der Waals surface area contributed by atoms with Crippen LogP contribution in [0.4, 0.5) is 5.69 Å². The van der Waals surface area contributed by atoms with E-state index in [2.05, 4.69) is 10.3 Å². The van der Waals surface area contributed by atoms with Crippen LogP contribution >= 0.6 is 11.3 Å². The van der Waals surface area contributed by atoms with Crippen molar-refractivity contribution < 1.29 is 9.59 Å². The number of carbonyl (C=O) groups excluding carboxylic acids is 2. The number of aromatic nitrogens is 1. The molecule has 120 valence electrons. The van der Waals surface area contributed by atoms with Gasteiger partial charge in [-0.25, -0.2) is 4.98 Å². The summed E-state index contributed by atoms with van der Waals surface area (Å²) in [6.07, 6.45) is 1.78. The number of amides is 2. The van der Waals surface area contributed by atoms with Gasteiger partial charge in [-0.1, -0.05) is 18.2 Å². The Hall–Kier alpha value is -2.21. The minimum atomic E-state index is -0.448. The second-order valence-corrected chi connectivity index (χ2v) is 6.68. The molecule has 0 saturated carbocycles. The highest BCUT2D eigenvalue weighted by Crippen LogP contribution is 2.20. The van der Waals surface area contributed by atoms with Crippen LogP contribution in [0.3, 0.4) is 0 Å². The van der Waals surface area contributed by atoms with Crippen LogP contribution in [-0.2, 0) is 16.0 Å². The summed E-state index contributed by atoms with van der Waals surface area (Å²) in [5.74, 6) is -0.186. The van der Waals surface area contributed by atoms with Gasteiger partial charge in [0.2, 0.25) is 11.8 Å². The minimum Gasteiger partial charge on any atom is -0.344 e. The van der Waals surface area contributed by atoms with Crippen LogP contribution in [0, 0.1) is 6.92 Å². The molecule has 0 radical (unpaired) electrons. The van der Waals surface area contributed by atoms with Crippen molar-refractivity contribution in [2.45, 2.75) is 32.2 Å². The third-order valence-corrected chi connectivity index (χ3v) is 4.67. The summed E-state index contributed by atoms with van der Waals surface area (Å²) in [5, 5.41) is 5.68. The zero-order valence-corrected chi connectivity index (χ0v) is 13.8. The van der Waals surface area contributed by atoms with Crippen LogP contribution in [0.25, 0.3) is 0 Å². The molecule has 0 aliphatic carbocycles. The highest BCUT2D eigenvalue weighted by Gasteiger charge is 2.30. The summed E-state index contributed by atoms with van der Waals surface area (Å²) in [6.45, 7) is 2.61. The maximum Gasteiger partial charge on any atom is 0.249 e. The van der Waals surface area contributed by atoms with Gasteiger partial charge in [-0.3, -0.25) is 9.59 Å². The zero-order valence-electron chi connectivity index (χ0n) is 13.0. The summed E-state index contributed by atoms with van der Waals surface area (Å²) in [5.41, 5.74) is 1.64. The third kappa shape index (κ3) is 3.76. The molecule has 0 unspecified atom stereocenters. The summed E-state index contributed by atoms with van der Waals surface area (Å²) in [7, 11) is 0. The first kappa shape index (κ1) is 15.7. The van der Waals surface area contributed by atoms with Crippen LogP contribution in [0.5, 0.6) is 0 Å². The number of carbonyl (C=O) groups is 2. The van der Waals surface area contributed by atoms with E-state index in [1.807, 2.05) is 42.6 Å². The maximum absolute atomic E-state index is 12.6. The van der Waals surface area contributed by atoms with Gasteiger partial charge in [-0.15, -0.1) is 11.3 Å². The topological polar surface area (TPSA) is 62.3 Å². The Labute approximate surface area is 139 Å². The SMILES string of the molecule is Cc1nc(CC(=O)N[C@@H]2CCCN(c3ccccc3)C2=O)cs1. The lowest BCUT2D eigenvalue weighted by molar-refractivity contribution is -0.128. The quantitative estimate of drug-likeness (QED) is 0.936. The van der Waals surface area contributed by atoms with Crippen molar-refractivity contribution in [2.24, 2.45) is 0 Å². The molecule has 5 nitrogen and oxygen atoms in total. The Balaban J connectivity index is 1.63. The molecule has 0 bridgehead atoms. The number of thiazole rings is 1. The van der Waals surface area contributed by atoms with Gasteiger partial charge >= 0.3 is 0 Å². The Morgan fingerprint density at radius 2 is 2.17 bits per heavy atom. The lowest BCUT2D eigenvalue weighted by Crippen LogP contribution is -2.52.